The lowest BCUT2D eigenvalue weighted by molar-refractivity contribution is 0.619. The fourth-order valence-electron chi connectivity index (χ4n) is 2.02. The Kier molecular flexibility index (Phi) is 3.96. The Labute approximate surface area is 133 Å². The lowest BCUT2D eigenvalue weighted by atomic mass is 10.2. The minimum absolute atomic E-state index is 0.289. The standard InChI is InChI=1S/C15H10F2IN3/c16-10-2-5-13(6-3-10)21-14(8-15(18)20-21)7-12-4-1-11(17)9-19-12/h1-6,8-9H,7H2. The first-order valence-corrected chi connectivity index (χ1v) is 7.30. The van der Waals surface area contributed by atoms with E-state index in [4.69, 9.17) is 0 Å². The number of nitrogens with zero attached hydrogens (tertiary/aromatic N) is 3. The van der Waals surface area contributed by atoms with Crippen molar-refractivity contribution < 1.29 is 8.78 Å². The Morgan fingerprint density at radius 2 is 1.71 bits per heavy atom. The molecule has 6 heteroatoms. The first-order valence-electron chi connectivity index (χ1n) is 6.22. The normalized spacial score (nSPS) is 10.8. The third kappa shape index (κ3) is 3.26. The van der Waals surface area contributed by atoms with Gasteiger partial charge in [-0.15, -0.1) is 0 Å². The maximum absolute atomic E-state index is 13.0. The number of hydrogen-bond donors (Lipinski definition) is 0. The molecule has 0 aliphatic carbocycles. The summed E-state index contributed by atoms with van der Waals surface area (Å²) in [6, 6.07) is 11.1. The molecule has 3 rings (SSSR count). The first-order chi connectivity index (χ1) is 10.1. The molecule has 0 fully saturated rings. The second-order valence-electron chi connectivity index (χ2n) is 4.49. The number of rotatable bonds is 3. The second-order valence-corrected chi connectivity index (χ2v) is 5.60. The van der Waals surface area contributed by atoms with Crippen molar-refractivity contribution in [3.63, 3.8) is 0 Å². The number of hydrogen-bond acceptors (Lipinski definition) is 2. The topological polar surface area (TPSA) is 30.7 Å². The third-order valence-corrected chi connectivity index (χ3v) is 3.50. The van der Waals surface area contributed by atoms with Gasteiger partial charge in [-0.05, 0) is 65.1 Å². The van der Waals surface area contributed by atoms with E-state index in [0.29, 0.717) is 6.42 Å². The minimum Gasteiger partial charge on any atom is -0.258 e. The monoisotopic (exact) mass is 397 g/mol. The molecule has 106 valence electrons. The van der Waals surface area contributed by atoms with Crippen molar-refractivity contribution >= 4 is 22.6 Å². The van der Waals surface area contributed by atoms with Crippen LogP contribution >= 0.6 is 22.6 Å². The number of pyridine rings is 1. The predicted molar refractivity (Wildman–Crippen MR) is 83.2 cm³/mol. The van der Waals surface area contributed by atoms with E-state index in [1.165, 1.54) is 24.4 Å². The molecule has 0 radical (unpaired) electrons. The third-order valence-electron chi connectivity index (χ3n) is 2.98. The molecular formula is C15H10F2IN3. The van der Waals surface area contributed by atoms with Crippen molar-refractivity contribution in [2.75, 3.05) is 0 Å². The van der Waals surface area contributed by atoms with Crippen molar-refractivity contribution in [2.45, 2.75) is 6.42 Å². The smallest absolute Gasteiger partial charge is 0.141 e. The van der Waals surface area contributed by atoms with Gasteiger partial charge in [0.05, 0.1) is 17.6 Å². The maximum Gasteiger partial charge on any atom is 0.141 e. The summed E-state index contributed by atoms with van der Waals surface area (Å²) in [5.41, 5.74) is 2.43. The highest BCUT2D eigenvalue weighted by molar-refractivity contribution is 14.1. The van der Waals surface area contributed by atoms with Gasteiger partial charge < -0.3 is 0 Å². The van der Waals surface area contributed by atoms with E-state index in [1.54, 1.807) is 22.9 Å². The maximum atomic E-state index is 13.0. The lowest BCUT2D eigenvalue weighted by Gasteiger charge is -2.07. The molecule has 0 spiro atoms. The fourth-order valence-corrected chi connectivity index (χ4v) is 2.59. The van der Waals surface area contributed by atoms with Gasteiger partial charge in [-0.3, -0.25) is 4.98 Å². The van der Waals surface area contributed by atoms with Crippen LogP contribution in [0.3, 0.4) is 0 Å². The summed E-state index contributed by atoms with van der Waals surface area (Å²) in [6.07, 6.45) is 1.71. The molecule has 0 saturated heterocycles. The summed E-state index contributed by atoms with van der Waals surface area (Å²) in [5, 5.41) is 4.40. The van der Waals surface area contributed by atoms with Crippen LogP contribution in [0.25, 0.3) is 5.69 Å². The van der Waals surface area contributed by atoms with Crippen molar-refractivity contribution in [3.05, 3.63) is 75.4 Å². The van der Waals surface area contributed by atoms with Crippen LogP contribution in [0.5, 0.6) is 0 Å². The van der Waals surface area contributed by atoms with E-state index < -0.39 is 0 Å². The van der Waals surface area contributed by atoms with Crippen molar-refractivity contribution in [1.82, 2.24) is 14.8 Å². The summed E-state index contributed by atoms with van der Waals surface area (Å²) >= 11 is 2.12. The summed E-state index contributed by atoms with van der Waals surface area (Å²) in [6.45, 7) is 0. The molecule has 2 heterocycles. The molecule has 1 aromatic carbocycles. The van der Waals surface area contributed by atoms with Crippen molar-refractivity contribution in [3.8, 4) is 5.69 Å². The van der Waals surface area contributed by atoms with Crippen LogP contribution in [-0.4, -0.2) is 14.8 Å². The van der Waals surface area contributed by atoms with Crippen LogP contribution in [-0.2, 0) is 6.42 Å². The van der Waals surface area contributed by atoms with Crippen LogP contribution in [0.15, 0.2) is 48.7 Å². The molecular weight excluding hydrogens is 387 g/mol. The van der Waals surface area contributed by atoms with Gasteiger partial charge in [-0.2, -0.15) is 5.10 Å². The van der Waals surface area contributed by atoms with E-state index in [2.05, 4.69) is 32.7 Å². The molecule has 0 bridgehead atoms. The van der Waals surface area contributed by atoms with E-state index in [9.17, 15) is 8.78 Å². The molecule has 2 aromatic heterocycles. The molecule has 0 atom stereocenters. The highest BCUT2D eigenvalue weighted by Gasteiger charge is 2.10. The summed E-state index contributed by atoms with van der Waals surface area (Å²) < 4.78 is 28.5. The largest absolute Gasteiger partial charge is 0.258 e. The van der Waals surface area contributed by atoms with Crippen molar-refractivity contribution in [1.29, 1.82) is 0 Å². The van der Waals surface area contributed by atoms with Gasteiger partial charge in [-0.25, -0.2) is 13.5 Å². The van der Waals surface area contributed by atoms with Gasteiger partial charge in [0.25, 0.3) is 0 Å². The van der Waals surface area contributed by atoms with Gasteiger partial charge in [0.15, 0.2) is 0 Å². The zero-order valence-electron chi connectivity index (χ0n) is 10.8. The van der Waals surface area contributed by atoms with Crippen LogP contribution in [0.2, 0.25) is 0 Å². The Morgan fingerprint density at radius 3 is 2.38 bits per heavy atom. The number of benzene rings is 1. The molecule has 0 aliphatic rings. The van der Waals surface area contributed by atoms with Crippen molar-refractivity contribution in [2.24, 2.45) is 0 Å². The Hall–Kier alpha value is -1.83. The highest BCUT2D eigenvalue weighted by Crippen LogP contribution is 2.17. The van der Waals surface area contributed by atoms with Crippen LogP contribution in [0, 0.1) is 15.3 Å². The molecule has 0 amide bonds. The van der Waals surface area contributed by atoms with E-state index in [1.807, 2.05) is 6.07 Å². The predicted octanol–water partition coefficient (Wildman–Crippen LogP) is 3.74. The first kappa shape index (κ1) is 14.1. The molecule has 0 unspecified atom stereocenters. The SMILES string of the molecule is Fc1ccc(-n2nc(I)cc2Cc2ccc(F)cn2)cc1. The molecule has 21 heavy (non-hydrogen) atoms. The molecule has 0 aliphatic heterocycles. The zero-order valence-corrected chi connectivity index (χ0v) is 13.0. The quantitative estimate of drug-likeness (QED) is 0.631. The zero-order chi connectivity index (χ0) is 14.8. The average molecular weight is 397 g/mol. The molecule has 3 aromatic rings. The van der Waals surface area contributed by atoms with Gasteiger partial charge in [0.2, 0.25) is 0 Å². The van der Waals surface area contributed by atoms with Crippen LogP contribution in [0.4, 0.5) is 8.78 Å². The highest BCUT2D eigenvalue weighted by atomic mass is 127. The van der Waals surface area contributed by atoms with Gasteiger partial charge >= 0.3 is 0 Å². The minimum atomic E-state index is -0.361. The molecule has 0 saturated carbocycles. The molecule has 0 N–H and O–H groups in total. The average Bonchev–Trinajstić information content (AvgIpc) is 2.83. The summed E-state index contributed by atoms with van der Waals surface area (Å²) in [4.78, 5) is 4.05. The van der Waals surface area contributed by atoms with Gasteiger partial charge in [0, 0.05) is 12.1 Å². The van der Waals surface area contributed by atoms with Crippen LogP contribution in [0.1, 0.15) is 11.4 Å². The molecule has 3 nitrogen and oxygen atoms in total. The van der Waals surface area contributed by atoms with Crippen LogP contribution < -0.4 is 0 Å². The summed E-state index contributed by atoms with van der Waals surface area (Å²) in [5.74, 6) is -0.650. The Bertz CT molecular complexity index is 752. The van der Waals surface area contributed by atoms with E-state index in [0.717, 1.165) is 20.8 Å². The fraction of sp³-hybridized carbons (Fsp3) is 0.0667. The Morgan fingerprint density at radius 1 is 1.00 bits per heavy atom. The second kappa shape index (κ2) is 5.88. The van der Waals surface area contributed by atoms with Gasteiger partial charge in [-0.1, -0.05) is 0 Å². The van der Waals surface area contributed by atoms with Gasteiger partial charge in [0.1, 0.15) is 15.3 Å². The van der Waals surface area contributed by atoms with E-state index >= 15 is 0 Å². The van der Waals surface area contributed by atoms with E-state index in [-0.39, 0.29) is 11.6 Å². The Balaban J connectivity index is 1.95. The number of halogens is 3. The lowest BCUT2D eigenvalue weighted by Crippen LogP contribution is -2.04. The number of aromatic nitrogens is 3. The summed E-state index contributed by atoms with van der Waals surface area (Å²) in [7, 11) is 0.